The highest BCUT2D eigenvalue weighted by Crippen LogP contribution is 2.22. The van der Waals surface area contributed by atoms with E-state index in [1.165, 1.54) is 11.6 Å². The van der Waals surface area contributed by atoms with Gasteiger partial charge in [-0.05, 0) is 37.1 Å². The van der Waals surface area contributed by atoms with Gasteiger partial charge in [-0.3, -0.25) is 0 Å². The molecule has 1 atom stereocenters. The third-order valence-corrected chi connectivity index (χ3v) is 3.00. The van der Waals surface area contributed by atoms with Crippen molar-refractivity contribution < 1.29 is 9.13 Å². The number of rotatable bonds is 4. The van der Waals surface area contributed by atoms with Crippen LogP contribution in [0.4, 0.5) is 4.39 Å². The Morgan fingerprint density at radius 1 is 1.16 bits per heavy atom. The van der Waals surface area contributed by atoms with Gasteiger partial charge in [0.25, 0.3) is 0 Å². The molecular formula is C16H18FNO. The van der Waals surface area contributed by atoms with Crippen molar-refractivity contribution in [2.24, 2.45) is 5.73 Å². The van der Waals surface area contributed by atoms with Gasteiger partial charge in [0, 0.05) is 6.04 Å². The van der Waals surface area contributed by atoms with E-state index < -0.39 is 0 Å². The fourth-order valence-corrected chi connectivity index (χ4v) is 1.76. The van der Waals surface area contributed by atoms with Crippen LogP contribution < -0.4 is 10.5 Å². The lowest BCUT2D eigenvalue weighted by Crippen LogP contribution is -2.06. The van der Waals surface area contributed by atoms with Crippen molar-refractivity contribution in [1.29, 1.82) is 0 Å². The van der Waals surface area contributed by atoms with Crippen LogP contribution in [0.25, 0.3) is 0 Å². The Balaban J connectivity index is 2.05. The van der Waals surface area contributed by atoms with Crippen molar-refractivity contribution in [3.05, 3.63) is 65.0 Å². The number of halogens is 1. The zero-order valence-corrected chi connectivity index (χ0v) is 11.2. The topological polar surface area (TPSA) is 35.2 Å². The molecule has 0 amide bonds. The van der Waals surface area contributed by atoms with Crippen LogP contribution in [-0.4, -0.2) is 0 Å². The Hall–Kier alpha value is -1.87. The van der Waals surface area contributed by atoms with Crippen molar-refractivity contribution >= 4 is 0 Å². The molecule has 0 saturated heterocycles. The summed E-state index contributed by atoms with van der Waals surface area (Å²) in [6.45, 7) is 4.20. The SMILES string of the molecule is Cc1ccc(COc2ccc([C@H](C)N)cc2F)cc1. The summed E-state index contributed by atoms with van der Waals surface area (Å²) in [6, 6.07) is 12.6. The molecule has 0 saturated carbocycles. The second-order valence-electron chi connectivity index (χ2n) is 4.75. The summed E-state index contributed by atoms with van der Waals surface area (Å²) >= 11 is 0. The molecule has 2 aromatic rings. The molecule has 0 fully saturated rings. The largest absolute Gasteiger partial charge is 0.486 e. The summed E-state index contributed by atoms with van der Waals surface area (Å²) in [4.78, 5) is 0. The maximum absolute atomic E-state index is 13.8. The summed E-state index contributed by atoms with van der Waals surface area (Å²) in [5.74, 6) is -0.119. The lowest BCUT2D eigenvalue weighted by molar-refractivity contribution is 0.290. The third-order valence-electron chi connectivity index (χ3n) is 3.00. The van der Waals surface area contributed by atoms with E-state index >= 15 is 0 Å². The Kier molecular flexibility index (Phi) is 4.17. The predicted octanol–water partition coefficient (Wildman–Crippen LogP) is 3.73. The maximum Gasteiger partial charge on any atom is 0.165 e. The van der Waals surface area contributed by atoms with Gasteiger partial charge >= 0.3 is 0 Å². The molecule has 0 aliphatic carbocycles. The Bertz CT molecular complexity index is 549. The van der Waals surface area contributed by atoms with Crippen LogP contribution >= 0.6 is 0 Å². The van der Waals surface area contributed by atoms with Crippen molar-refractivity contribution in [1.82, 2.24) is 0 Å². The van der Waals surface area contributed by atoms with Crippen molar-refractivity contribution in [3.8, 4) is 5.75 Å². The minimum atomic E-state index is -0.373. The molecule has 0 heterocycles. The van der Waals surface area contributed by atoms with E-state index in [-0.39, 0.29) is 17.6 Å². The van der Waals surface area contributed by atoms with E-state index in [9.17, 15) is 4.39 Å². The van der Waals surface area contributed by atoms with E-state index in [2.05, 4.69) is 0 Å². The highest BCUT2D eigenvalue weighted by molar-refractivity contribution is 5.31. The zero-order chi connectivity index (χ0) is 13.8. The number of hydrogen-bond donors (Lipinski definition) is 1. The van der Waals surface area contributed by atoms with Gasteiger partial charge in [-0.1, -0.05) is 35.9 Å². The van der Waals surface area contributed by atoms with Crippen LogP contribution in [0.3, 0.4) is 0 Å². The summed E-state index contributed by atoms with van der Waals surface area (Å²) in [6.07, 6.45) is 0. The molecule has 0 unspecified atom stereocenters. The van der Waals surface area contributed by atoms with Gasteiger partial charge in [0.2, 0.25) is 0 Å². The molecule has 100 valence electrons. The number of nitrogens with two attached hydrogens (primary N) is 1. The number of ether oxygens (including phenoxy) is 1. The summed E-state index contributed by atoms with van der Waals surface area (Å²) in [5.41, 5.74) is 8.67. The lowest BCUT2D eigenvalue weighted by atomic mass is 10.1. The van der Waals surface area contributed by atoms with E-state index in [1.807, 2.05) is 38.1 Å². The van der Waals surface area contributed by atoms with E-state index in [0.717, 1.165) is 11.1 Å². The van der Waals surface area contributed by atoms with Crippen LogP contribution in [0.1, 0.15) is 29.7 Å². The number of hydrogen-bond acceptors (Lipinski definition) is 2. The average molecular weight is 259 g/mol. The predicted molar refractivity (Wildman–Crippen MR) is 74.5 cm³/mol. The molecule has 2 aromatic carbocycles. The number of aryl methyl sites for hydroxylation is 1. The fourth-order valence-electron chi connectivity index (χ4n) is 1.76. The van der Waals surface area contributed by atoms with Crippen LogP contribution in [-0.2, 0) is 6.61 Å². The van der Waals surface area contributed by atoms with Crippen LogP contribution in [0.5, 0.6) is 5.75 Å². The fraction of sp³-hybridized carbons (Fsp3) is 0.250. The second kappa shape index (κ2) is 5.85. The quantitative estimate of drug-likeness (QED) is 0.908. The molecule has 2 N–H and O–H groups in total. The van der Waals surface area contributed by atoms with Crippen molar-refractivity contribution in [2.45, 2.75) is 26.5 Å². The second-order valence-corrected chi connectivity index (χ2v) is 4.75. The summed E-state index contributed by atoms with van der Waals surface area (Å²) in [7, 11) is 0. The number of benzene rings is 2. The average Bonchev–Trinajstić information content (AvgIpc) is 2.39. The molecule has 0 spiro atoms. The van der Waals surface area contributed by atoms with Crippen molar-refractivity contribution in [2.75, 3.05) is 0 Å². The molecule has 2 nitrogen and oxygen atoms in total. The van der Waals surface area contributed by atoms with Crippen LogP contribution in [0.2, 0.25) is 0 Å². The van der Waals surface area contributed by atoms with Gasteiger partial charge < -0.3 is 10.5 Å². The van der Waals surface area contributed by atoms with Crippen LogP contribution in [0, 0.1) is 12.7 Å². The Morgan fingerprint density at radius 3 is 2.42 bits per heavy atom. The minimum Gasteiger partial charge on any atom is -0.486 e. The Labute approximate surface area is 113 Å². The highest BCUT2D eigenvalue weighted by atomic mass is 19.1. The van der Waals surface area contributed by atoms with Gasteiger partial charge in [0.1, 0.15) is 6.61 Å². The lowest BCUT2D eigenvalue weighted by Gasteiger charge is -2.10. The maximum atomic E-state index is 13.8. The van der Waals surface area contributed by atoms with Crippen molar-refractivity contribution in [3.63, 3.8) is 0 Å². The molecule has 0 radical (unpaired) electrons. The molecule has 0 bridgehead atoms. The molecule has 3 heteroatoms. The molecule has 0 aliphatic heterocycles. The van der Waals surface area contributed by atoms with Gasteiger partial charge in [0.15, 0.2) is 11.6 Å². The molecular weight excluding hydrogens is 241 g/mol. The van der Waals surface area contributed by atoms with Gasteiger partial charge in [0.05, 0.1) is 0 Å². The molecule has 0 aromatic heterocycles. The standard InChI is InChI=1S/C16H18FNO/c1-11-3-5-13(6-4-11)10-19-16-8-7-14(12(2)18)9-15(16)17/h3-9,12H,10,18H2,1-2H3/t12-/m0/s1. The summed E-state index contributed by atoms with van der Waals surface area (Å²) < 4.78 is 19.3. The normalized spacial score (nSPS) is 12.2. The zero-order valence-electron chi connectivity index (χ0n) is 11.2. The first-order chi connectivity index (χ1) is 9.06. The van der Waals surface area contributed by atoms with Gasteiger partial charge in [-0.25, -0.2) is 4.39 Å². The first-order valence-corrected chi connectivity index (χ1v) is 6.29. The first kappa shape index (κ1) is 13.6. The van der Waals surface area contributed by atoms with E-state index in [4.69, 9.17) is 10.5 Å². The molecule has 19 heavy (non-hydrogen) atoms. The highest BCUT2D eigenvalue weighted by Gasteiger charge is 2.07. The minimum absolute atomic E-state index is 0.180. The Morgan fingerprint density at radius 2 is 1.84 bits per heavy atom. The van der Waals surface area contributed by atoms with Crippen LogP contribution in [0.15, 0.2) is 42.5 Å². The van der Waals surface area contributed by atoms with Gasteiger partial charge in [-0.15, -0.1) is 0 Å². The molecule has 2 rings (SSSR count). The van der Waals surface area contributed by atoms with E-state index in [1.54, 1.807) is 12.1 Å². The monoisotopic (exact) mass is 259 g/mol. The third kappa shape index (κ3) is 3.55. The van der Waals surface area contributed by atoms with E-state index in [0.29, 0.717) is 6.61 Å². The van der Waals surface area contributed by atoms with Gasteiger partial charge in [-0.2, -0.15) is 0 Å². The molecule has 0 aliphatic rings. The smallest absolute Gasteiger partial charge is 0.165 e. The first-order valence-electron chi connectivity index (χ1n) is 6.29. The summed E-state index contributed by atoms with van der Waals surface area (Å²) in [5, 5.41) is 0.